The molecule has 1 fully saturated rings. The molecule has 5 nitrogen and oxygen atoms in total. The highest BCUT2D eigenvalue weighted by molar-refractivity contribution is 6.02. The Bertz CT molecular complexity index is 972. The van der Waals surface area contributed by atoms with Crippen molar-refractivity contribution in [3.63, 3.8) is 0 Å². The molecule has 0 saturated heterocycles. The second-order valence-electron chi connectivity index (χ2n) is 8.41. The average Bonchev–Trinajstić information content (AvgIpc) is 3.03. The predicted molar refractivity (Wildman–Crippen MR) is 115 cm³/mol. The van der Waals surface area contributed by atoms with E-state index in [0.29, 0.717) is 41.3 Å². The molecule has 0 unspecified atom stereocenters. The lowest BCUT2D eigenvalue weighted by Crippen LogP contribution is -2.18. The largest absolute Gasteiger partial charge is 0.469 e. The Balaban J connectivity index is 2.12. The fourth-order valence-corrected chi connectivity index (χ4v) is 4.69. The zero-order chi connectivity index (χ0) is 23.5. The number of carbonyl (C=O) groups excluding carboxylic acids is 2. The van der Waals surface area contributed by atoms with E-state index in [1.54, 1.807) is 6.92 Å². The highest BCUT2D eigenvalue weighted by Gasteiger charge is 2.31. The lowest BCUT2D eigenvalue weighted by Gasteiger charge is -2.24. The molecule has 1 aliphatic carbocycles. The first kappa shape index (κ1) is 23.9. The lowest BCUT2D eigenvalue weighted by molar-refractivity contribution is -0.140. The van der Waals surface area contributed by atoms with E-state index < -0.39 is 23.6 Å². The number of esters is 1. The fourth-order valence-electron chi connectivity index (χ4n) is 4.69. The predicted octanol–water partition coefficient (Wildman–Crippen LogP) is 5.27. The molecule has 1 amide bonds. The molecule has 32 heavy (non-hydrogen) atoms. The van der Waals surface area contributed by atoms with Crippen LogP contribution in [0.1, 0.15) is 65.8 Å². The Morgan fingerprint density at radius 3 is 2.28 bits per heavy atom. The molecule has 0 bridgehead atoms. The third-order valence-electron chi connectivity index (χ3n) is 6.34. The van der Waals surface area contributed by atoms with Gasteiger partial charge in [0.05, 0.1) is 24.7 Å². The van der Waals surface area contributed by atoms with Gasteiger partial charge in [-0.15, -0.1) is 0 Å². The maximum Gasteiger partial charge on any atom is 0.416 e. The van der Waals surface area contributed by atoms with Crippen molar-refractivity contribution in [2.24, 2.45) is 11.7 Å². The summed E-state index contributed by atoms with van der Waals surface area (Å²) in [7, 11) is 1.31. The zero-order valence-corrected chi connectivity index (χ0v) is 18.4. The number of nitrogens with zero attached hydrogens (tertiary/aromatic N) is 1. The fraction of sp³-hybridized carbons (Fsp3) is 0.500. The number of halogens is 3. The van der Waals surface area contributed by atoms with Gasteiger partial charge in [0.1, 0.15) is 0 Å². The van der Waals surface area contributed by atoms with Gasteiger partial charge in [-0.25, -0.2) is 0 Å². The van der Waals surface area contributed by atoms with Crippen molar-refractivity contribution < 1.29 is 27.5 Å². The van der Waals surface area contributed by atoms with E-state index in [1.807, 2.05) is 4.57 Å². The van der Waals surface area contributed by atoms with Crippen LogP contribution < -0.4 is 5.73 Å². The number of methoxy groups -OCH3 is 1. The summed E-state index contributed by atoms with van der Waals surface area (Å²) >= 11 is 0. The Morgan fingerprint density at radius 2 is 1.75 bits per heavy atom. The minimum Gasteiger partial charge on any atom is -0.469 e. The summed E-state index contributed by atoms with van der Waals surface area (Å²) in [4.78, 5) is 24.3. The Morgan fingerprint density at radius 1 is 1.12 bits per heavy atom. The van der Waals surface area contributed by atoms with Gasteiger partial charge in [-0.2, -0.15) is 13.2 Å². The molecule has 2 N–H and O–H groups in total. The summed E-state index contributed by atoms with van der Waals surface area (Å²) in [5.41, 5.74) is 7.63. The summed E-state index contributed by atoms with van der Waals surface area (Å²) in [6.45, 7) is 2.49. The maximum atomic E-state index is 13.1. The number of carbonyl (C=O) groups is 2. The third-order valence-corrected chi connectivity index (χ3v) is 6.34. The van der Waals surface area contributed by atoms with Crippen molar-refractivity contribution in [2.75, 3.05) is 7.11 Å². The Labute approximate surface area is 185 Å². The standard InChI is InChI=1S/C24H29F3N2O3/c1-15-21(23(28)31)22(17-8-10-18(11-9-17)24(25,26)27)19(12-13-20(30)32-2)29(15)14-16-6-4-3-5-7-16/h8-11,16H,3-7,12-14H2,1-2H3,(H2,28,31). The van der Waals surface area contributed by atoms with Gasteiger partial charge in [-0.05, 0) is 49.8 Å². The van der Waals surface area contributed by atoms with Crippen LogP contribution in [-0.4, -0.2) is 23.6 Å². The molecule has 1 saturated carbocycles. The molecule has 0 aliphatic heterocycles. The molecule has 3 rings (SSSR count). The topological polar surface area (TPSA) is 74.3 Å². The molecule has 0 atom stereocenters. The van der Waals surface area contributed by atoms with Crippen LogP contribution in [0.5, 0.6) is 0 Å². The second-order valence-corrected chi connectivity index (χ2v) is 8.41. The van der Waals surface area contributed by atoms with Gasteiger partial charge in [-0.3, -0.25) is 9.59 Å². The minimum atomic E-state index is -4.46. The number of alkyl halides is 3. The summed E-state index contributed by atoms with van der Waals surface area (Å²) < 4.78 is 46.0. The van der Waals surface area contributed by atoms with Crippen LogP contribution in [0.2, 0.25) is 0 Å². The molecular weight excluding hydrogens is 421 g/mol. The van der Waals surface area contributed by atoms with Gasteiger partial charge >= 0.3 is 12.1 Å². The Kier molecular flexibility index (Phi) is 7.31. The highest BCUT2D eigenvalue weighted by Crippen LogP contribution is 2.37. The highest BCUT2D eigenvalue weighted by atomic mass is 19.4. The van der Waals surface area contributed by atoms with Crippen LogP contribution >= 0.6 is 0 Å². The first-order chi connectivity index (χ1) is 15.1. The van der Waals surface area contributed by atoms with Crippen molar-refractivity contribution >= 4 is 11.9 Å². The number of nitrogens with two attached hydrogens (primary N) is 1. The summed E-state index contributed by atoms with van der Waals surface area (Å²) in [6.07, 6.45) is 1.60. The van der Waals surface area contributed by atoms with Crippen LogP contribution in [-0.2, 0) is 28.7 Å². The number of amides is 1. The summed E-state index contributed by atoms with van der Waals surface area (Å²) in [5.74, 6) is -0.598. The van der Waals surface area contributed by atoms with Crippen molar-refractivity contribution in [2.45, 2.75) is 64.6 Å². The van der Waals surface area contributed by atoms with Crippen LogP contribution in [0, 0.1) is 12.8 Å². The Hall–Kier alpha value is -2.77. The van der Waals surface area contributed by atoms with Crippen LogP contribution in [0.4, 0.5) is 13.2 Å². The number of primary amides is 1. The van der Waals surface area contributed by atoms with E-state index in [0.717, 1.165) is 43.5 Å². The second kappa shape index (κ2) is 9.79. The van der Waals surface area contributed by atoms with Gasteiger partial charge in [0.2, 0.25) is 0 Å². The molecule has 0 radical (unpaired) electrons. The third kappa shape index (κ3) is 5.16. The van der Waals surface area contributed by atoms with E-state index in [1.165, 1.54) is 25.7 Å². The smallest absolute Gasteiger partial charge is 0.416 e. The first-order valence-electron chi connectivity index (χ1n) is 10.9. The van der Waals surface area contributed by atoms with E-state index >= 15 is 0 Å². The van der Waals surface area contributed by atoms with Crippen molar-refractivity contribution in [1.82, 2.24) is 4.57 Å². The van der Waals surface area contributed by atoms with Gasteiger partial charge in [0.25, 0.3) is 5.91 Å². The molecule has 1 heterocycles. The van der Waals surface area contributed by atoms with Crippen LogP contribution in [0.15, 0.2) is 24.3 Å². The number of ether oxygens (including phenoxy) is 1. The van der Waals surface area contributed by atoms with Gasteiger partial charge < -0.3 is 15.0 Å². The number of hydrogen-bond acceptors (Lipinski definition) is 3. The molecule has 2 aromatic rings. The van der Waals surface area contributed by atoms with Crippen molar-refractivity contribution in [3.05, 3.63) is 46.8 Å². The van der Waals surface area contributed by atoms with Crippen LogP contribution in [0.3, 0.4) is 0 Å². The molecule has 1 aliphatic rings. The van der Waals surface area contributed by atoms with Crippen molar-refractivity contribution in [3.8, 4) is 11.1 Å². The van der Waals surface area contributed by atoms with E-state index in [-0.39, 0.29) is 6.42 Å². The zero-order valence-electron chi connectivity index (χ0n) is 18.4. The number of hydrogen-bond donors (Lipinski definition) is 1. The number of aromatic nitrogens is 1. The average molecular weight is 451 g/mol. The van der Waals surface area contributed by atoms with Crippen molar-refractivity contribution in [1.29, 1.82) is 0 Å². The molecule has 0 spiro atoms. The molecule has 1 aromatic heterocycles. The molecule has 1 aromatic carbocycles. The number of benzene rings is 1. The number of rotatable bonds is 7. The minimum absolute atomic E-state index is 0.0937. The van der Waals surface area contributed by atoms with Crippen LogP contribution in [0.25, 0.3) is 11.1 Å². The normalized spacial score (nSPS) is 15.0. The first-order valence-corrected chi connectivity index (χ1v) is 10.9. The van der Waals surface area contributed by atoms with E-state index in [9.17, 15) is 22.8 Å². The summed E-state index contributed by atoms with van der Waals surface area (Å²) in [6, 6.07) is 4.71. The maximum absolute atomic E-state index is 13.1. The SMILES string of the molecule is COC(=O)CCc1c(-c2ccc(C(F)(F)F)cc2)c(C(N)=O)c(C)n1CC1CCCCC1. The summed E-state index contributed by atoms with van der Waals surface area (Å²) in [5, 5.41) is 0. The van der Waals surface area contributed by atoms with E-state index in [2.05, 4.69) is 0 Å². The monoisotopic (exact) mass is 450 g/mol. The van der Waals surface area contributed by atoms with E-state index in [4.69, 9.17) is 10.5 Å². The molecule has 174 valence electrons. The van der Waals surface area contributed by atoms with Gasteiger partial charge in [0, 0.05) is 23.5 Å². The quantitative estimate of drug-likeness (QED) is 0.584. The lowest BCUT2D eigenvalue weighted by atomic mass is 9.89. The van der Waals surface area contributed by atoms with Gasteiger partial charge in [0.15, 0.2) is 0 Å². The van der Waals surface area contributed by atoms with Gasteiger partial charge in [-0.1, -0.05) is 31.4 Å². The molecule has 8 heteroatoms. The molecular formula is C24H29F3N2O3.